The Balaban J connectivity index is 2.68. The van der Waals surface area contributed by atoms with Gasteiger partial charge in [0.15, 0.2) is 0 Å². The zero-order valence-electron chi connectivity index (χ0n) is 15.8. The van der Waals surface area contributed by atoms with E-state index < -0.39 is 5.60 Å². The van der Waals surface area contributed by atoms with E-state index in [1.54, 1.807) is 4.90 Å². The molecule has 0 aliphatic carbocycles. The Bertz CT molecular complexity index is 582. The summed E-state index contributed by atoms with van der Waals surface area (Å²) in [6, 6.07) is 7.86. The molecule has 1 aromatic carbocycles. The van der Waals surface area contributed by atoms with Crippen molar-refractivity contribution in [2.24, 2.45) is 0 Å². The van der Waals surface area contributed by atoms with Gasteiger partial charge in [-0.05, 0) is 52.9 Å². The minimum atomic E-state index is -0.553. The molecule has 0 fully saturated rings. The molecule has 0 aliphatic rings. The lowest BCUT2D eigenvalue weighted by Crippen LogP contribution is -2.42. The fourth-order valence-corrected chi connectivity index (χ4v) is 2.73. The van der Waals surface area contributed by atoms with Crippen molar-refractivity contribution in [2.45, 2.75) is 39.2 Å². The van der Waals surface area contributed by atoms with Crippen molar-refractivity contribution in [3.05, 3.63) is 34.3 Å². The number of ether oxygens (including phenoxy) is 1. The summed E-state index contributed by atoms with van der Waals surface area (Å²) in [5.41, 5.74) is 0.531. The standard InChI is InChI=1S/C19H29BrN2O3/c1-19(2,3)25-18(24)14-22(13-12-21(4)5)17(23)11-10-15-8-6-7-9-16(15)20/h6-9H,10-14H2,1-5H3. The van der Waals surface area contributed by atoms with Gasteiger partial charge in [0.1, 0.15) is 12.1 Å². The van der Waals surface area contributed by atoms with Crippen LogP contribution >= 0.6 is 15.9 Å². The van der Waals surface area contributed by atoms with E-state index in [1.165, 1.54) is 0 Å². The number of halogens is 1. The predicted octanol–water partition coefficient (Wildman–Crippen LogP) is 3.11. The molecule has 0 atom stereocenters. The Morgan fingerprint density at radius 2 is 1.76 bits per heavy atom. The van der Waals surface area contributed by atoms with Crippen molar-refractivity contribution >= 4 is 27.8 Å². The van der Waals surface area contributed by atoms with Gasteiger partial charge in [-0.1, -0.05) is 34.1 Å². The topological polar surface area (TPSA) is 49.9 Å². The van der Waals surface area contributed by atoms with Crippen LogP contribution < -0.4 is 0 Å². The summed E-state index contributed by atoms with van der Waals surface area (Å²) >= 11 is 3.50. The van der Waals surface area contributed by atoms with E-state index in [9.17, 15) is 9.59 Å². The quantitative estimate of drug-likeness (QED) is 0.615. The SMILES string of the molecule is CN(C)CCN(CC(=O)OC(C)(C)C)C(=O)CCc1ccccc1Br. The molecule has 25 heavy (non-hydrogen) atoms. The lowest BCUT2D eigenvalue weighted by molar-refractivity contribution is -0.159. The molecule has 0 unspecified atom stereocenters. The van der Waals surface area contributed by atoms with Crippen molar-refractivity contribution < 1.29 is 14.3 Å². The van der Waals surface area contributed by atoms with Crippen molar-refractivity contribution in [3.8, 4) is 0 Å². The van der Waals surface area contributed by atoms with E-state index in [0.717, 1.165) is 10.0 Å². The van der Waals surface area contributed by atoms with E-state index >= 15 is 0 Å². The Morgan fingerprint density at radius 1 is 1.12 bits per heavy atom. The fraction of sp³-hybridized carbons (Fsp3) is 0.579. The second kappa shape index (κ2) is 9.92. The molecule has 0 N–H and O–H groups in total. The molecule has 5 nitrogen and oxygen atoms in total. The van der Waals surface area contributed by atoms with Gasteiger partial charge in [0, 0.05) is 24.0 Å². The zero-order chi connectivity index (χ0) is 19.0. The van der Waals surface area contributed by atoms with Crippen LogP contribution in [0.1, 0.15) is 32.8 Å². The summed E-state index contributed by atoms with van der Waals surface area (Å²) < 4.78 is 6.35. The van der Waals surface area contributed by atoms with Crippen molar-refractivity contribution in [1.29, 1.82) is 0 Å². The Labute approximate surface area is 159 Å². The lowest BCUT2D eigenvalue weighted by atomic mass is 10.1. The molecule has 0 aromatic heterocycles. The van der Waals surface area contributed by atoms with Crippen molar-refractivity contribution in [3.63, 3.8) is 0 Å². The van der Waals surface area contributed by atoms with Crippen LogP contribution in [0.25, 0.3) is 0 Å². The molecule has 0 aliphatic heterocycles. The number of carbonyl (C=O) groups excluding carboxylic acids is 2. The first-order chi connectivity index (χ1) is 11.6. The molecule has 1 aromatic rings. The molecule has 140 valence electrons. The van der Waals surface area contributed by atoms with E-state index in [2.05, 4.69) is 15.9 Å². The van der Waals surface area contributed by atoms with Crippen LogP contribution in [-0.2, 0) is 20.7 Å². The minimum Gasteiger partial charge on any atom is -0.459 e. The van der Waals surface area contributed by atoms with Gasteiger partial charge >= 0.3 is 5.97 Å². The maximum atomic E-state index is 12.6. The summed E-state index contributed by atoms with van der Waals surface area (Å²) in [5, 5.41) is 0. The lowest BCUT2D eigenvalue weighted by Gasteiger charge is -2.26. The van der Waals surface area contributed by atoms with Gasteiger partial charge in [-0.15, -0.1) is 0 Å². The molecule has 1 amide bonds. The maximum Gasteiger partial charge on any atom is 0.326 e. The summed E-state index contributed by atoms with van der Waals surface area (Å²) in [7, 11) is 3.88. The molecule has 0 saturated carbocycles. The summed E-state index contributed by atoms with van der Waals surface area (Å²) in [6.07, 6.45) is 0.992. The summed E-state index contributed by atoms with van der Waals surface area (Å²) in [5.74, 6) is -0.413. The molecule has 0 radical (unpaired) electrons. The third-order valence-electron chi connectivity index (χ3n) is 3.48. The van der Waals surface area contributed by atoms with Crippen LogP contribution in [0.4, 0.5) is 0 Å². The smallest absolute Gasteiger partial charge is 0.326 e. The number of esters is 1. The van der Waals surface area contributed by atoms with E-state index in [-0.39, 0.29) is 18.4 Å². The third-order valence-corrected chi connectivity index (χ3v) is 4.25. The highest BCUT2D eigenvalue weighted by molar-refractivity contribution is 9.10. The summed E-state index contributed by atoms with van der Waals surface area (Å²) in [6.45, 7) is 6.65. The predicted molar refractivity (Wildman–Crippen MR) is 103 cm³/mol. The van der Waals surface area contributed by atoms with Gasteiger partial charge < -0.3 is 14.5 Å². The number of hydrogen-bond acceptors (Lipinski definition) is 4. The number of likely N-dealkylation sites (N-methyl/N-ethyl adjacent to an activating group) is 1. The second-order valence-electron chi connectivity index (χ2n) is 7.30. The van der Waals surface area contributed by atoms with Crippen LogP contribution in [0.2, 0.25) is 0 Å². The molecular weight excluding hydrogens is 384 g/mol. The number of carbonyl (C=O) groups is 2. The van der Waals surface area contributed by atoms with Crippen LogP contribution in [0.15, 0.2) is 28.7 Å². The molecule has 0 saturated heterocycles. The van der Waals surface area contributed by atoms with Crippen molar-refractivity contribution in [2.75, 3.05) is 33.7 Å². The van der Waals surface area contributed by atoms with Gasteiger partial charge in [-0.2, -0.15) is 0 Å². The molecule has 6 heteroatoms. The van der Waals surface area contributed by atoms with Crippen LogP contribution in [0, 0.1) is 0 Å². The number of benzene rings is 1. The van der Waals surface area contributed by atoms with Gasteiger partial charge in [0.25, 0.3) is 0 Å². The van der Waals surface area contributed by atoms with Gasteiger partial charge in [0.2, 0.25) is 5.91 Å². The maximum absolute atomic E-state index is 12.6. The highest BCUT2D eigenvalue weighted by Gasteiger charge is 2.22. The zero-order valence-corrected chi connectivity index (χ0v) is 17.4. The van der Waals surface area contributed by atoms with Gasteiger partial charge in [0.05, 0.1) is 0 Å². The Hall–Kier alpha value is -1.40. The Kier molecular flexibility index (Phi) is 8.59. The number of rotatable bonds is 8. The second-order valence-corrected chi connectivity index (χ2v) is 8.15. The van der Waals surface area contributed by atoms with E-state index in [1.807, 2.05) is 64.0 Å². The number of aryl methyl sites for hydroxylation is 1. The first-order valence-electron chi connectivity index (χ1n) is 8.46. The minimum absolute atomic E-state index is 0.0140. The molecule has 0 heterocycles. The first-order valence-corrected chi connectivity index (χ1v) is 9.25. The van der Waals surface area contributed by atoms with Crippen LogP contribution in [0.3, 0.4) is 0 Å². The number of hydrogen-bond donors (Lipinski definition) is 0. The molecule has 0 bridgehead atoms. The van der Waals surface area contributed by atoms with E-state index in [4.69, 9.17) is 4.74 Å². The van der Waals surface area contributed by atoms with Gasteiger partial charge in [-0.25, -0.2) is 0 Å². The Morgan fingerprint density at radius 3 is 2.32 bits per heavy atom. The average Bonchev–Trinajstić information content (AvgIpc) is 2.48. The fourth-order valence-electron chi connectivity index (χ4n) is 2.24. The monoisotopic (exact) mass is 412 g/mol. The first kappa shape index (κ1) is 21.6. The van der Waals surface area contributed by atoms with Crippen LogP contribution in [-0.4, -0.2) is 61.0 Å². The average molecular weight is 413 g/mol. The molecule has 1 rings (SSSR count). The van der Waals surface area contributed by atoms with Crippen LogP contribution in [0.5, 0.6) is 0 Å². The normalized spacial score (nSPS) is 11.5. The molecule has 0 spiro atoms. The number of amides is 1. The largest absolute Gasteiger partial charge is 0.459 e. The van der Waals surface area contributed by atoms with Crippen molar-refractivity contribution in [1.82, 2.24) is 9.80 Å². The van der Waals surface area contributed by atoms with Gasteiger partial charge in [-0.3, -0.25) is 9.59 Å². The molecular formula is C19H29BrN2O3. The number of nitrogens with zero attached hydrogens (tertiary/aromatic N) is 2. The highest BCUT2D eigenvalue weighted by Crippen LogP contribution is 2.18. The highest BCUT2D eigenvalue weighted by atomic mass is 79.9. The van der Waals surface area contributed by atoms with E-state index in [0.29, 0.717) is 25.9 Å². The summed E-state index contributed by atoms with van der Waals surface area (Å²) in [4.78, 5) is 28.3. The third kappa shape index (κ3) is 9.02.